The first-order chi connectivity index (χ1) is 17.8. The molecular formula is C32H19N2OS. The monoisotopic (exact) mass is 479 g/mol. The molecule has 0 aliphatic heterocycles. The van der Waals surface area contributed by atoms with Crippen LogP contribution in [0.1, 0.15) is 0 Å². The largest absolute Gasteiger partial charge is 0.456 e. The average molecular weight is 480 g/mol. The highest BCUT2D eigenvalue weighted by molar-refractivity contribution is 7.22. The molecule has 0 aliphatic rings. The molecule has 0 atom stereocenters. The van der Waals surface area contributed by atoms with E-state index in [4.69, 9.17) is 4.42 Å². The van der Waals surface area contributed by atoms with Crippen molar-refractivity contribution in [2.45, 2.75) is 0 Å². The van der Waals surface area contributed by atoms with E-state index in [0.29, 0.717) is 0 Å². The number of thiophene rings is 1. The number of H-pyrrole nitrogens is 2. The fourth-order valence-electron chi connectivity index (χ4n) is 5.25. The number of hydrogen-bond donors (Lipinski definition) is 2. The van der Waals surface area contributed by atoms with Crippen molar-refractivity contribution in [3.63, 3.8) is 0 Å². The van der Waals surface area contributed by atoms with Crippen molar-refractivity contribution in [3.05, 3.63) is 109 Å². The van der Waals surface area contributed by atoms with E-state index in [1.165, 1.54) is 20.3 Å². The molecule has 0 bridgehead atoms. The van der Waals surface area contributed by atoms with Crippen LogP contribution in [0.15, 0.2) is 108 Å². The molecule has 36 heavy (non-hydrogen) atoms. The van der Waals surface area contributed by atoms with E-state index in [1.54, 1.807) is 0 Å². The molecule has 8 rings (SSSR count). The van der Waals surface area contributed by atoms with Crippen LogP contribution in [0.25, 0.3) is 75.9 Å². The number of rotatable bonds is 3. The van der Waals surface area contributed by atoms with E-state index in [-0.39, 0.29) is 0 Å². The molecule has 0 amide bonds. The quantitative estimate of drug-likeness (QED) is 0.260. The lowest BCUT2D eigenvalue weighted by molar-refractivity contribution is 0.632. The predicted molar refractivity (Wildman–Crippen MR) is 150 cm³/mol. The first-order valence-electron chi connectivity index (χ1n) is 11.9. The summed E-state index contributed by atoms with van der Waals surface area (Å²) >= 11 is 1.81. The number of fused-ring (bicyclic) bond motifs is 4. The Morgan fingerprint density at radius 3 is 2.39 bits per heavy atom. The number of para-hydroxylation sites is 2. The maximum absolute atomic E-state index is 6.48. The summed E-state index contributed by atoms with van der Waals surface area (Å²) in [7, 11) is 0. The Bertz CT molecular complexity index is 1970. The molecule has 0 spiro atoms. The smallest absolute Gasteiger partial charge is 0.136 e. The molecule has 3 nitrogen and oxygen atoms in total. The highest BCUT2D eigenvalue weighted by atomic mass is 32.1. The van der Waals surface area contributed by atoms with Gasteiger partial charge >= 0.3 is 0 Å². The van der Waals surface area contributed by atoms with Crippen LogP contribution in [-0.4, -0.2) is 9.97 Å². The zero-order valence-electron chi connectivity index (χ0n) is 19.1. The summed E-state index contributed by atoms with van der Waals surface area (Å²) in [4.78, 5) is 8.26. The minimum atomic E-state index is 0.861. The second-order valence-electron chi connectivity index (χ2n) is 9.10. The fourth-order valence-corrected chi connectivity index (χ4v) is 6.34. The lowest BCUT2D eigenvalue weighted by Crippen LogP contribution is -1.86. The van der Waals surface area contributed by atoms with Gasteiger partial charge in [-0.1, -0.05) is 66.7 Å². The third-order valence-electron chi connectivity index (χ3n) is 6.94. The van der Waals surface area contributed by atoms with Crippen molar-refractivity contribution in [1.29, 1.82) is 0 Å². The number of hydrogen-bond acceptors (Lipinski definition) is 2. The van der Waals surface area contributed by atoms with Crippen LogP contribution in [0.4, 0.5) is 0 Å². The van der Waals surface area contributed by atoms with Crippen molar-refractivity contribution in [2.75, 3.05) is 0 Å². The van der Waals surface area contributed by atoms with Crippen molar-refractivity contribution in [3.8, 4) is 33.2 Å². The molecule has 0 saturated heterocycles. The minimum absolute atomic E-state index is 0.861. The highest BCUT2D eigenvalue weighted by Crippen LogP contribution is 2.46. The second kappa shape index (κ2) is 7.48. The van der Waals surface area contributed by atoms with Gasteiger partial charge in [0.25, 0.3) is 0 Å². The van der Waals surface area contributed by atoms with Gasteiger partial charge in [-0.3, -0.25) is 0 Å². The molecule has 0 unspecified atom stereocenters. The third-order valence-corrected chi connectivity index (χ3v) is 8.09. The number of aromatic nitrogens is 2. The normalized spacial score (nSPS) is 11.9. The summed E-state index contributed by atoms with van der Waals surface area (Å²) < 4.78 is 7.76. The Morgan fingerprint density at radius 2 is 1.53 bits per heavy atom. The molecule has 4 heterocycles. The van der Waals surface area contributed by atoms with Crippen LogP contribution in [0.5, 0.6) is 0 Å². The fraction of sp³-hybridized carbons (Fsp3) is 0. The summed E-state index contributed by atoms with van der Waals surface area (Å²) in [6.07, 6.45) is 3.40. The van der Waals surface area contributed by atoms with Gasteiger partial charge in [0.2, 0.25) is 0 Å². The molecule has 4 aromatic carbocycles. The van der Waals surface area contributed by atoms with E-state index in [9.17, 15) is 0 Å². The van der Waals surface area contributed by atoms with Crippen molar-refractivity contribution in [1.82, 2.24) is 9.97 Å². The zero-order valence-corrected chi connectivity index (χ0v) is 19.9. The Hall–Kier alpha value is -4.54. The maximum Gasteiger partial charge on any atom is 0.136 e. The number of aromatic amines is 2. The van der Waals surface area contributed by atoms with Crippen LogP contribution in [0.3, 0.4) is 0 Å². The van der Waals surface area contributed by atoms with Crippen molar-refractivity contribution in [2.24, 2.45) is 0 Å². The van der Waals surface area contributed by atoms with E-state index in [2.05, 4.69) is 107 Å². The standard InChI is InChI=1S/C32H19N2OS/c1-4-10-24-19(7-1)15-25(34-24)32-30-22(18-33-32)13-14-23(29-17-21-9-3-6-12-28(21)36-29)31(30)27-16-20-8-2-5-11-26(20)35-27/h1-17,33-34H. The molecule has 0 fully saturated rings. The van der Waals surface area contributed by atoms with Crippen LogP contribution >= 0.6 is 11.3 Å². The Labute approximate surface area is 210 Å². The van der Waals surface area contributed by atoms with E-state index in [1.807, 2.05) is 23.5 Å². The zero-order chi connectivity index (χ0) is 23.6. The summed E-state index contributed by atoms with van der Waals surface area (Å²) in [5, 5.41) is 5.67. The van der Waals surface area contributed by atoms with Crippen molar-refractivity contribution >= 4 is 54.1 Å². The first-order valence-corrected chi connectivity index (χ1v) is 12.8. The molecular weight excluding hydrogens is 460 g/mol. The van der Waals surface area contributed by atoms with Gasteiger partial charge in [0.15, 0.2) is 0 Å². The van der Waals surface area contributed by atoms with E-state index >= 15 is 0 Å². The number of nitrogens with one attached hydrogen (secondary N) is 2. The summed E-state index contributed by atoms with van der Waals surface area (Å²) in [5.74, 6) is 0.861. The molecule has 4 heteroatoms. The van der Waals surface area contributed by atoms with Gasteiger partial charge in [0, 0.05) is 47.8 Å². The topological polar surface area (TPSA) is 44.7 Å². The van der Waals surface area contributed by atoms with Crippen LogP contribution in [0.2, 0.25) is 0 Å². The molecule has 1 radical (unpaired) electrons. The van der Waals surface area contributed by atoms with Crippen LogP contribution in [0, 0.1) is 6.20 Å². The van der Waals surface area contributed by atoms with Gasteiger partial charge < -0.3 is 14.4 Å². The molecule has 4 aromatic heterocycles. The lowest BCUT2D eigenvalue weighted by atomic mass is 9.96. The van der Waals surface area contributed by atoms with E-state index in [0.717, 1.165) is 55.5 Å². The molecule has 0 saturated carbocycles. The SMILES string of the molecule is [c]1[nH]c(-c2cc3ccccc3[nH]2)c2c(-c3cc4ccccc4o3)c(-c3cc4ccccc4s3)ccc12. The van der Waals surface area contributed by atoms with Gasteiger partial charge in [-0.2, -0.15) is 0 Å². The second-order valence-corrected chi connectivity index (χ2v) is 10.2. The van der Waals surface area contributed by atoms with Gasteiger partial charge in [-0.05, 0) is 41.8 Å². The van der Waals surface area contributed by atoms with Crippen molar-refractivity contribution < 1.29 is 4.42 Å². The van der Waals surface area contributed by atoms with Gasteiger partial charge in [-0.25, -0.2) is 0 Å². The number of furan rings is 1. The van der Waals surface area contributed by atoms with E-state index < -0.39 is 0 Å². The van der Waals surface area contributed by atoms with Crippen LogP contribution < -0.4 is 0 Å². The summed E-state index contributed by atoms with van der Waals surface area (Å²) in [6, 6.07) is 36.1. The summed E-state index contributed by atoms with van der Waals surface area (Å²) in [6.45, 7) is 0. The minimum Gasteiger partial charge on any atom is -0.456 e. The Balaban J connectivity index is 1.47. The molecule has 8 aromatic rings. The lowest BCUT2D eigenvalue weighted by Gasteiger charge is -2.10. The average Bonchev–Trinajstić information content (AvgIpc) is 3.70. The Morgan fingerprint density at radius 1 is 0.722 bits per heavy atom. The third kappa shape index (κ3) is 2.92. The predicted octanol–water partition coefficient (Wildman–Crippen LogP) is 9.41. The number of benzene rings is 4. The molecule has 2 N–H and O–H groups in total. The van der Waals surface area contributed by atoms with Gasteiger partial charge in [0.05, 0.1) is 17.6 Å². The van der Waals surface area contributed by atoms with Crippen LogP contribution in [-0.2, 0) is 0 Å². The molecule has 0 aliphatic carbocycles. The highest BCUT2D eigenvalue weighted by Gasteiger charge is 2.22. The summed E-state index contributed by atoms with van der Waals surface area (Å²) in [5.41, 5.74) is 6.29. The van der Waals surface area contributed by atoms with Gasteiger partial charge in [-0.15, -0.1) is 11.3 Å². The molecule has 169 valence electrons. The Kier molecular flexibility index (Phi) is 4.10. The van der Waals surface area contributed by atoms with Gasteiger partial charge in [0.1, 0.15) is 11.3 Å². The maximum atomic E-state index is 6.48. The first kappa shape index (κ1) is 19.7.